The van der Waals surface area contributed by atoms with Gasteiger partial charge in [-0.2, -0.15) is 0 Å². The summed E-state index contributed by atoms with van der Waals surface area (Å²) >= 11 is 0. The lowest BCUT2D eigenvalue weighted by Crippen LogP contribution is -2.37. The van der Waals surface area contributed by atoms with Crippen LogP contribution in [0.2, 0.25) is 0 Å². The summed E-state index contributed by atoms with van der Waals surface area (Å²) in [4.78, 5) is 13.7. The second kappa shape index (κ2) is 5.19. The van der Waals surface area contributed by atoms with Crippen molar-refractivity contribution in [3.63, 3.8) is 0 Å². The van der Waals surface area contributed by atoms with Gasteiger partial charge in [-0.25, -0.2) is 0 Å². The molecule has 0 fully saturated rings. The van der Waals surface area contributed by atoms with Gasteiger partial charge in [0.05, 0.1) is 0 Å². The van der Waals surface area contributed by atoms with Crippen LogP contribution >= 0.6 is 0 Å². The molecule has 0 unspecified atom stereocenters. The molecule has 0 aromatic heterocycles. The van der Waals surface area contributed by atoms with E-state index in [1.807, 2.05) is 18.0 Å². The number of phenols is 1. The van der Waals surface area contributed by atoms with Crippen molar-refractivity contribution in [1.82, 2.24) is 10.2 Å². The van der Waals surface area contributed by atoms with E-state index in [1.54, 1.807) is 12.1 Å². The van der Waals surface area contributed by atoms with E-state index in [-0.39, 0.29) is 11.7 Å². The molecule has 1 aliphatic heterocycles. The SMILES string of the molecule is CNCCC(=O)N1CCc2ccc(O)cc2C1. The van der Waals surface area contributed by atoms with Crippen LogP contribution in [-0.2, 0) is 17.8 Å². The molecule has 17 heavy (non-hydrogen) atoms. The van der Waals surface area contributed by atoms with E-state index in [9.17, 15) is 9.90 Å². The van der Waals surface area contributed by atoms with Crippen LogP contribution in [0.3, 0.4) is 0 Å². The van der Waals surface area contributed by atoms with Gasteiger partial charge in [-0.1, -0.05) is 6.07 Å². The third-order valence-electron chi connectivity index (χ3n) is 3.14. The highest BCUT2D eigenvalue weighted by Crippen LogP contribution is 2.23. The van der Waals surface area contributed by atoms with E-state index in [0.29, 0.717) is 19.5 Å². The molecule has 0 radical (unpaired) electrons. The van der Waals surface area contributed by atoms with Crippen LogP contribution in [-0.4, -0.2) is 36.1 Å². The predicted molar refractivity (Wildman–Crippen MR) is 65.8 cm³/mol. The number of aromatic hydroxyl groups is 1. The molecule has 1 aromatic rings. The molecule has 2 N–H and O–H groups in total. The Morgan fingerprint density at radius 3 is 3.06 bits per heavy atom. The number of fused-ring (bicyclic) bond motifs is 1. The quantitative estimate of drug-likeness (QED) is 0.816. The Balaban J connectivity index is 2.04. The first-order valence-electron chi connectivity index (χ1n) is 5.94. The summed E-state index contributed by atoms with van der Waals surface area (Å²) in [6.07, 6.45) is 1.41. The summed E-state index contributed by atoms with van der Waals surface area (Å²) in [5.41, 5.74) is 2.30. The van der Waals surface area contributed by atoms with Gasteiger partial charge in [0.1, 0.15) is 5.75 Å². The van der Waals surface area contributed by atoms with Crippen LogP contribution in [0.5, 0.6) is 5.75 Å². The number of nitrogens with one attached hydrogen (secondary N) is 1. The molecule has 0 aliphatic carbocycles. The third-order valence-corrected chi connectivity index (χ3v) is 3.14. The van der Waals surface area contributed by atoms with Crippen LogP contribution in [0.25, 0.3) is 0 Å². The molecule has 1 aromatic carbocycles. The van der Waals surface area contributed by atoms with Crippen LogP contribution in [0.4, 0.5) is 0 Å². The van der Waals surface area contributed by atoms with E-state index in [1.165, 1.54) is 5.56 Å². The minimum Gasteiger partial charge on any atom is -0.508 e. The molecule has 2 rings (SSSR count). The fourth-order valence-electron chi connectivity index (χ4n) is 2.15. The van der Waals surface area contributed by atoms with E-state index in [4.69, 9.17) is 0 Å². The summed E-state index contributed by atoms with van der Waals surface area (Å²) < 4.78 is 0. The van der Waals surface area contributed by atoms with Gasteiger partial charge >= 0.3 is 0 Å². The standard InChI is InChI=1S/C13H18N2O2/c1-14-6-4-13(17)15-7-5-10-2-3-12(16)8-11(10)9-15/h2-3,8,14,16H,4-7,9H2,1H3. The molecule has 1 aliphatic rings. The van der Waals surface area contributed by atoms with Gasteiger partial charge in [-0.3, -0.25) is 4.79 Å². The third kappa shape index (κ3) is 2.77. The molecule has 1 heterocycles. The molecule has 0 bridgehead atoms. The molecule has 0 spiro atoms. The molecule has 1 amide bonds. The maximum absolute atomic E-state index is 11.9. The van der Waals surface area contributed by atoms with Crippen molar-refractivity contribution < 1.29 is 9.90 Å². The highest BCUT2D eigenvalue weighted by Gasteiger charge is 2.20. The molecule has 0 atom stereocenters. The van der Waals surface area contributed by atoms with Gasteiger partial charge in [0, 0.05) is 26.1 Å². The molecule has 4 nitrogen and oxygen atoms in total. The van der Waals surface area contributed by atoms with Crippen LogP contribution in [0.1, 0.15) is 17.5 Å². The second-order valence-corrected chi connectivity index (χ2v) is 4.37. The van der Waals surface area contributed by atoms with Crippen molar-refractivity contribution in [2.75, 3.05) is 20.1 Å². The highest BCUT2D eigenvalue weighted by molar-refractivity contribution is 5.76. The molecule has 0 saturated heterocycles. The molecular formula is C13H18N2O2. The summed E-state index contributed by atoms with van der Waals surface area (Å²) in [7, 11) is 1.84. The zero-order valence-electron chi connectivity index (χ0n) is 10.1. The first-order chi connectivity index (χ1) is 8.20. The molecule has 92 valence electrons. The maximum Gasteiger partial charge on any atom is 0.224 e. The molecule has 0 saturated carbocycles. The van der Waals surface area contributed by atoms with Crippen molar-refractivity contribution in [3.05, 3.63) is 29.3 Å². The first kappa shape index (κ1) is 11.9. The van der Waals surface area contributed by atoms with Gasteiger partial charge in [0.15, 0.2) is 0 Å². The zero-order valence-corrected chi connectivity index (χ0v) is 10.1. The number of hydrogen-bond donors (Lipinski definition) is 2. The van der Waals surface area contributed by atoms with Gasteiger partial charge in [0.2, 0.25) is 5.91 Å². The second-order valence-electron chi connectivity index (χ2n) is 4.37. The van der Waals surface area contributed by atoms with Crippen molar-refractivity contribution in [3.8, 4) is 5.75 Å². The number of amides is 1. The van der Waals surface area contributed by atoms with Crippen LogP contribution in [0.15, 0.2) is 18.2 Å². The fraction of sp³-hybridized carbons (Fsp3) is 0.462. The van der Waals surface area contributed by atoms with Crippen molar-refractivity contribution in [2.45, 2.75) is 19.4 Å². The summed E-state index contributed by atoms with van der Waals surface area (Å²) in [6, 6.07) is 5.41. The van der Waals surface area contributed by atoms with Crippen LogP contribution in [0, 0.1) is 0 Å². The summed E-state index contributed by atoms with van der Waals surface area (Å²) in [5, 5.41) is 12.4. The van der Waals surface area contributed by atoms with Gasteiger partial charge in [0.25, 0.3) is 0 Å². The number of phenolic OH excluding ortho intramolecular Hbond substituents is 1. The van der Waals surface area contributed by atoms with Crippen molar-refractivity contribution in [1.29, 1.82) is 0 Å². The maximum atomic E-state index is 11.9. The molecule has 4 heteroatoms. The number of nitrogens with zero attached hydrogens (tertiary/aromatic N) is 1. The highest BCUT2D eigenvalue weighted by atomic mass is 16.3. The lowest BCUT2D eigenvalue weighted by molar-refractivity contribution is -0.132. The summed E-state index contributed by atoms with van der Waals surface area (Å²) in [5.74, 6) is 0.446. The Labute approximate surface area is 101 Å². The number of hydrogen-bond acceptors (Lipinski definition) is 3. The van der Waals surface area contributed by atoms with E-state index in [2.05, 4.69) is 5.32 Å². The lowest BCUT2D eigenvalue weighted by Gasteiger charge is -2.29. The molecular weight excluding hydrogens is 216 g/mol. The first-order valence-corrected chi connectivity index (χ1v) is 5.94. The normalized spacial score (nSPS) is 14.5. The van der Waals surface area contributed by atoms with E-state index >= 15 is 0 Å². The van der Waals surface area contributed by atoms with Crippen molar-refractivity contribution >= 4 is 5.91 Å². The zero-order chi connectivity index (χ0) is 12.3. The average Bonchev–Trinajstić information content (AvgIpc) is 2.35. The van der Waals surface area contributed by atoms with E-state index < -0.39 is 0 Å². The monoisotopic (exact) mass is 234 g/mol. The number of benzene rings is 1. The predicted octanol–water partition coefficient (Wildman–Crippen LogP) is 0.886. The minimum absolute atomic E-state index is 0.174. The minimum atomic E-state index is 0.174. The van der Waals surface area contributed by atoms with Gasteiger partial charge in [-0.15, -0.1) is 0 Å². The Morgan fingerprint density at radius 1 is 1.47 bits per heavy atom. The fourth-order valence-corrected chi connectivity index (χ4v) is 2.15. The average molecular weight is 234 g/mol. The number of carbonyl (C=O) groups is 1. The van der Waals surface area contributed by atoms with E-state index in [0.717, 1.165) is 18.5 Å². The van der Waals surface area contributed by atoms with Crippen LogP contribution < -0.4 is 5.32 Å². The van der Waals surface area contributed by atoms with Gasteiger partial charge in [-0.05, 0) is 36.7 Å². The van der Waals surface area contributed by atoms with Crippen molar-refractivity contribution in [2.24, 2.45) is 0 Å². The largest absolute Gasteiger partial charge is 0.508 e. The smallest absolute Gasteiger partial charge is 0.224 e. The number of carbonyl (C=O) groups excluding carboxylic acids is 1. The lowest BCUT2D eigenvalue weighted by atomic mass is 9.99. The Morgan fingerprint density at radius 2 is 2.29 bits per heavy atom. The topological polar surface area (TPSA) is 52.6 Å². The Kier molecular flexibility index (Phi) is 3.64. The van der Waals surface area contributed by atoms with Gasteiger partial charge < -0.3 is 15.3 Å². The Hall–Kier alpha value is -1.55. The Bertz CT molecular complexity index is 418. The number of rotatable bonds is 3. The summed E-state index contributed by atoms with van der Waals surface area (Å²) in [6.45, 7) is 2.11.